The summed E-state index contributed by atoms with van der Waals surface area (Å²) in [7, 11) is 0. The van der Waals surface area contributed by atoms with Crippen molar-refractivity contribution in [2.75, 3.05) is 5.75 Å². The van der Waals surface area contributed by atoms with E-state index in [0.29, 0.717) is 5.75 Å². The molecule has 17 heavy (non-hydrogen) atoms. The molecule has 0 bridgehead atoms. The third kappa shape index (κ3) is 3.52. The van der Waals surface area contributed by atoms with Crippen LogP contribution in [0.3, 0.4) is 0 Å². The van der Waals surface area contributed by atoms with E-state index < -0.39 is 12.0 Å². The van der Waals surface area contributed by atoms with Crippen LogP contribution in [-0.2, 0) is 4.79 Å². The van der Waals surface area contributed by atoms with Crippen molar-refractivity contribution in [1.29, 1.82) is 0 Å². The molecule has 2 N–H and O–H groups in total. The van der Waals surface area contributed by atoms with Gasteiger partial charge in [0.25, 0.3) is 0 Å². The topological polar surface area (TPSA) is 69.6 Å². The van der Waals surface area contributed by atoms with Crippen molar-refractivity contribution in [2.45, 2.75) is 51.1 Å². The zero-order valence-corrected chi connectivity index (χ0v) is 11.3. The molecule has 6 heteroatoms. The Labute approximate surface area is 106 Å². The van der Waals surface area contributed by atoms with Gasteiger partial charge in [-0.1, -0.05) is 13.3 Å². The van der Waals surface area contributed by atoms with E-state index in [4.69, 9.17) is 5.11 Å². The van der Waals surface area contributed by atoms with Crippen molar-refractivity contribution in [3.8, 4) is 0 Å². The van der Waals surface area contributed by atoms with Gasteiger partial charge in [-0.05, 0) is 20.3 Å². The number of carboxylic acids is 1. The maximum absolute atomic E-state index is 12.0. The summed E-state index contributed by atoms with van der Waals surface area (Å²) in [4.78, 5) is 24.6. The number of nitrogens with zero attached hydrogens (tertiary/aromatic N) is 1. The Kier molecular flexibility index (Phi) is 5.11. The Morgan fingerprint density at radius 1 is 1.53 bits per heavy atom. The summed E-state index contributed by atoms with van der Waals surface area (Å²) < 4.78 is 0. The summed E-state index contributed by atoms with van der Waals surface area (Å²) in [5, 5.41) is 11.9. The van der Waals surface area contributed by atoms with Crippen LogP contribution in [0.1, 0.15) is 33.6 Å². The van der Waals surface area contributed by atoms with Crippen LogP contribution in [0.15, 0.2) is 0 Å². The second-order valence-electron chi connectivity index (χ2n) is 4.44. The van der Waals surface area contributed by atoms with Gasteiger partial charge in [0.05, 0.1) is 5.37 Å². The van der Waals surface area contributed by atoms with Crippen LogP contribution >= 0.6 is 11.8 Å². The standard InChI is InChI=1S/C11H20N2O3S/c1-4-5-9-13(11(16)12-7(2)3)8(6-17-9)10(14)15/h7-9H,4-6H2,1-3H3,(H,12,16)(H,14,15). The second kappa shape index (κ2) is 6.14. The fourth-order valence-electron chi connectivity index (χ4n) is 1.82. The summed E-state index contributed by atoms with van der Waals surface area (Å²) in [6, 6.07) is -0.948. The first-order chi connectivity index (χ1) is 7.97. The molecule has 1 fully saturated rings. The Bertz CT molecular complexity index is 296. The van der Waals surface area contributed by atoms with Crippen molar-refractivity contribution in [3.05, 3.63) is 0 Å². The minimum absolute atomic E-state index is 0.0140. The molecule has 1 aliphatic heterocycles. The lowest BCUT2D eigenvalue weighted by Gasteiger charge is -2.28. The zero-order valence-electron chi connectivity index (χ0n) is 10.5. The Morgan fingerprint density at radius 2 is 2.18 bits per heavy atom. The van der Waals surface area contributed by atoms with Crippen molar-refractivity contribution in [3.63, 3.8) is 0 Å². The number of carbonyl (C=O) groups is 2. The minimum atomic E-state index is -0.921. The number of thioether (sulfide) groups is 1. The number of hydrogen-bond donors (Lipinski definition) is 2. The number of amides is 2. The lowest BCUT2D eigenvalue weighted by atomic mass is 10.2. The first-order valence-electron chi connectivity index (χ1n) is 5.90. The van der Waals surface area contributed by atoms with E-state index in [1.54, 1.807) is 11.8 Å². The van der Waals surface area contributed by atoms with Gasteiger partial charge in [0.15, 0.2) is 0 Å². The fraction of sp³-hybridized carbons (Fsp3) is 0.818. The van der Waals surface area contributed by atoms with Crippen LogP contribution in [-0.4, -0.2) is 45.2 Å². The molecule has 98 valence electrons. The summed E-state index contributed by atoms with van der Waals surface area (Å²) in [6.45, 7) is 5.77. The molecule has 1 aliphatic rings. The quantitative estimate of drug-likeness (QED) is 0.807. The lowest BCUT2D eigenvalue weighted by molar-refractivity contribution is -0.141. The average molecular weight is 260 g/mol. The van der Waals surface area contributed by atoms with Crippen LogP contribution in [0.25, 0.3) is 0 Å². The highest BCUT2D eigenvalue weighted by molar-refractivity contribution is 8.00. The summed E-state index contributed by atoms with van der Waals surface area (Å²) in [6.07, 6.45) is 1.77. The SMILES string of the molecule is CCCC1SCC(C(=O)O)N1C(=O)NC(C)C. The number of nitrogens with one attached hydrogen (secondary N) is 1. The van der Waals surface area contributed by atoms with Gasteiger partial charge in [-0.25, -0.2) is 9.59 Å². The normalized spacial score (nSPS) is 24.1. The van der Waals surface area contributed by atoms with Gasteiger partial charge in [0, 0.05) is 11.8 Å². The molecule has 0 aliphatic carbocycles. The van der Waals surface area contributed by atoms with Crippen LogP contribution in [0, 0.1) is 0 Å². The lowest BCUT2D eigenvalue weighted by Crippen LogP contribution is -2.51. The fourth-order valence-corrected chi connectivity index (χ4v) is 3.33. The number of urea groups is 1. The predicted molar refractivity (Wildman–Crippen MR) is 68.1 cm³/mol. The van der Waals surface area contributed by atoms with Gasteiger partial charge in [-0.15, -0.1) is 11.8 Å². The Balaban J connectivity index is 2.77. The third-order valence-electron chi connectivity index (χ3n) is 2.56. The molecule has 0 spiro atoms. The maximum Gasteiger partial charge on any atom is 0.327 e. The second-order valence-corrected chi connectivity index (χ2v) is 5.65. The molecule has 0 radical (unpaired) electrons. The van der Waals surface area contributed by atoms with Crippen molar-refractivity contribution >= 4 is 23.8 Å². The Hall–Kier alpha value is -0.910. The number of hydrogen-bond acceptors (Lipinski definition) is 3. The van der Waals surface area contributed by atoms with E-state index in [1.165, 1.54) is 4.90 Å². The van der Waals surface area contributed by atoms with E-state index in [2.05, 4.69) is 5.32 Å². The molecule has 5 nitrogen and oxygen atoms in total. The average Bonchev–Trinajstić information content (AvgIpc) is 2.61. The van der Waals surface area contributed by atoms with Crippen LogP contribution < -0.4 is 5.32 Å². The van der Waals surface area contributed by atoms with Crippen molar-refractivity contribution in [1.82, 2.24) is 10.2 Å². The molecule has 1 heterocycles. The first kappa shape index (κ1) is 14.2. The molecule has 0 saturated carbocycles. The molecule has 1 saturated heterocycles. The summed E-state index contributed by atoms with van der Waals surface area (Å²) in [5.74, 6) is -0.444. The van der Waals surface area contributed by atoms with Gasteiger partial charge >= 0.3 is 12.0 Å². The largest absolute Gasteiger partial charge is 0.480 e. The third-order valence-corrected chi connectivity index (χ3v) is 3.92. The van der Waals surface area contributed by atoms with Crippen molar-refractivity contribution in [2.24, 2.45) is 0 Å². The number of carboxylic acid groups (broad SMARTS) is 1. The van der Waals surface area contributed by atoms with E-state index in [1.807, 2.05) is 20.8 Å². The molecule has 1 rings (SSSR count). The number of aliphatic carboxylic acids is 1. The van der Waals surface area contributed by atoms with Crippen LogP contribution in [0.2, 0.25) is 0 Å². The summed E-state index contributed by atoms with van der Waals surface area (Å²) >= 11 is 1.55. The molecule has 2 unspecified atom stereocenters. The van der Waals surface area contributed by atoms with E-state index >= 15 is 0 Å². The molecule has 2 amide bonds. The highest BCUT2D eigenvalue weighted by Gasteiger charge is 2.41. The van der Waals surface area contributed by atoms with Gasteiger partial charge in [0.1, 0.15) is 6.04 Å². The predicted octanol–water partition coefficient (Wildman–Crippen LogP) is 1.73. The Morgan fingerprint density at radius 3 is 2.65 bits per heavy atom. The minimum Gasteiger partial charge on any atom is -0.480 e. The van der Waals surface area contributed by atoms with E-state index in [9.17, 15) is 9.59 Å². The van der Waals surface area contributed by atoms with Gasteiger partial charge in [-0.3, -0.25) is 4.90 Å². The van der Waals surface area contributed by atoms with Gasteiger partial charge < -0.3 is 10.4 Å². The molecular weight excluding hydrogens is 240 g/mol. The van der Waals surface area contributed by atoms with Crippen LogP contribution in [0.5, 0.6) is 0 Å². The zero-order chi connectivity index (χ0) is 13.0. The monoisotopic (exact) mass is 260 g/mol. The highest BCUT2D eigenvalue weighted by atomic mass is 32.2. The first-order valence-corrected chi connectivity index (χ1v) is 6.95. The molecular formula is C11H20N2O3S. The maximum atomic E-state index is 12.0. The van der Waals surface area contributed by atoms with E-state index in [-0.39, 0.29) is 17.4 Å². The molecule has 0 aromatic rings. The van der Waals surface area contributed by atoms with Crippen molar-refractivity contribution < 1.29 is 14.7 Å². The van der Waals surface area contributed by atoms with Gasteiger partial charge in [-0.2, -0.15) is 0 Å². The smallest absolute Gasteiger partial charge is 0.327 e. The van der Waals surface area contributed by atoms with Crippen LogP contribution in [0.4, 0.5) is 4.79 Å². The number of carbonyl (C=O) groups excluding carboxylic acids is 1. The molecule has 0 aromatic carbocycles. The molecule has 2 atom stereocenters. The van der Waals surface area contributed by atoms with E-state index in [0.717, 1.165) is 12.8 Å². The van der Waals surface area contributed by atoms with Gasteiger partial charge in [0.2, 0.25) is 0 Å². The summed E-state index contributed by atoms with van der Waals surface area (Å²) in [5.41, 5.74) is 0. The highest BCUT2D eigenvalue weighted by Crippen LogP contribution is 2.32. The number of rotatable bonds is 4. The molecule has 0 aromatic heterocycles.